The van der Waals surface area contributed by atoms with Gasteiger partial charge in [0, 0.05) is 23.7 Å². The Hall–Kier alpha value is -2.67. The zero-order valence-corrected chi connectivity index (χ0v) is 11.7. The van der Waals surface area contributed by atoms with E-state index in [-0.39, 0.29) is 5.69 Å². The number of H-pyrrole nitrogens is 1. The first-order valence-corrected chi connectivity index (χ1v) is 6.57. The third-order valence-electron chi connectivity index (χ3n) is 3.23. The Kier molecular flexibility index (Phi) is 2.40. The number of hydrogen-bond donors (Lipinski definition) is 1. The minimum Gasteiger partial charge on any atom is -0.305 e. The highest BCUT2D eigenvalue weighted by molar-refractivity contribution is 6.31. The molecule has 0 spiro atoms. The fourth-order valence-electron chi connectivity index (χ4n) is 2.27. The van der Waals surface area contributed by atoms with E-state index in [1.807, 2.05) is 0 Å². The van der Waals surface area contributed by atoms with Gasteiger partial charge in [0.1, 0.15) is 0 Å². The van der Waals surface area contributed by atoms with Crippen LogP contribution in [-0.4, -0.2) is 29.4 Å². The molecular formula is C13H9ClN6O. The molecule has 0 radical (unpaired) electrons. The van der Waals surface area contributed by atoms with Crippen molar-refractivity contribution in [3.05, 3.63) is 46.1 Å². The van der Waals surface area contributed by atoms with Crippen LogP contribution in [0, 0.1) is 0 Å². The maximum atomic E-state index is 12.1. The highest BCUT2D eigenvalue weighted by Gasteiger charge is 2.13. The molecule has 0 atom stereocenters. The number of aromatic amines is 1. The van der Waals surface area contributed by atoms with Gasteiger partial charge >= 0.3 is 5.69 Å². The molecule has 0 amide bonds. The monoisotopic (exact) mass is 300 g/mol. The summed E-state index contributed by atoms with van der Waals surface area (Å²) in [7, 11) is 1.81. The topological polar surface area (TPSA) is 80.9 Å². The summed E-state index contributed by atoms with van der Waals surface area (Å²) in [4.78, 5) is 19.3. The molecule has 4 rings (SSSR count). The lowest BCUT2D eigenvalue weighted by molar-refractivity contribution is 0.768. The van der Waals surface area contributed by atoms with Crippen LogP contribution in [0.1, 0.15) is 0 Å². The second-order valence-corrected chi connectivity index (χ2v) is 5.13. The standard InChI is InChI=1S/C13H9ClN6O/c1-19-6-7(5-15-19)11-17-12-9-4-8(14)2-3-10(9)16-13(21)20(12)18-11/h2-6H,1H3,(H,16,21). The Morgan fingerprint density at radius 1 is 1.33 bits per heavy atom. The molecule has 7 nitrogen and oxygen atoms in total. The van der Waals surface area contributed by atoms with Gasteiger partial charge in [0.25, 0.3) is 0 Å². The number of halogens is 1. The molecule has 0 saturated carbocycles. The van der Waals surface area contributed by atoms with Gasteiger partial charge in [-0.2, -0.15) is 9.61 Å². The van der Waals surface area contributed by atoms with E-state index in [0.29, 0.717) is 22.0 Å². The number of fused-ring (bicyclic) bond motifs is 3. The second kappa shape index (κ2) is 4.16. The molecule has 0 aliphatic carbocycles. The minimum atomic E-state index is -0.345. The Balaban J connectivity index is 2.10. The van der Waals surface area contributed by atoms with Crippen molar-refractivity contribution in [1.82, 2.24) is 29.4 Å². The van der Waals surface area contributed by atoms with Crippen molar-refractivity contribution in [2.45, 2.75) is 0 Å². The van der Waals surface area contributed by atoms with E-state index in [1.165, 1.54) is 4.52 Å². The summed E-state index contributed by atoms with van der Waals surface area (Å²) in [6, 6.07) is 5.22. The molecule has 8 heteroatoms. The normalized spacial score (nSPS) is 11.5. The summed E-state index contributed by atoms with van der Waals surface area (Å²) >= 11 is 6.02. The van der Waals surface area contributed by atoms with Gasteiger partial charge in [-0.1, -0.05) is 11.6 Å². The maximum absolute atomic E-state index is 12.1. The van der Waals surface area contributed by atoms with E-state index in [1.54, 1.807) is 42.3 Å². The van der Waals surface area contributed by atoms with Gasteiger partial charge in [0.2, 0.25) is 0 Å². The van der Waals surface area contributed by atoms with Gasteiger partial charge < -0.3 is 4.98 Å². The van der Waals surface area contributed by atoms with Crippen LogP contribution < -0.4 is 5.69 Å². The first-order chi connectivity index (χ1) is 10.1. The molecule has 21 heavy (non-hydrogen) atoms. The molecule has 0 aliphatic heterocycles. The average molecular weight is 301 g/mol. The summed E-state index contributed by atoms with van der Waals surface area (Å²) in [6.45, 7) is 0. The number of aryl methyl sites for hydroxylation is 1. The number of benzene rings is 1. The van der Waals surface area contributed by atoms with Crippen molar-refractivity contribution in [2.24, 2.45) is 7.05 Å². The van der Waals surface area contributed by atoms with Crippen LogP contribution in [0.25, 0.3) is 27.9 Å². The van der Waals surface area contributed by atoms with E-state index in [0.717, 1.165) is 10.9 Å². The number of hydrogen-bond acceptors (Lipinski definition) is 4. The quantitative estimate of drug-likeness (QED) is 0.579. The lowest BCUT2D eigenvalue weighted by atomic mass is 10.2. The largest absolute Gasteiger partial charge is 0.348 e. The maximum Gasteiger partial charge on any atom is 0.348 e. The molecular weight excluding hydrogens is 292 g/mol. The number of aromatic nitrogens is 6. The van der Waals surface area contributed by atoms with Crippen LogP contribution in [0.5, 0.6) is 0 Å². The van der Waals surface area contributed by atoms with E-state index in [4.69, 9.17) is 11.6 Å². The molecule has 1 N–H and O–H groups in total. The van der Waals surface area contributed by atoms with E-state index < -0.39 is 0 Å². The van der Waals surface area contributed by atoms with E-state index in [2.05, 4.69) is 20.2 Å². The van der Waals surface area contributed by atoms with Crippen LogP contribution in [0.2, 0.25) is 5.02 Å². The first-order valence-electron chi connectivity index (χ1n) is 6.19. The Morgan fingerprint density at radius 3 is 2.95 bits per heavy atom. The Labute approximate surface area is 122 Å². The lowest BCUT2D eigenvalue weighted by Crippen LogP contribution is -2.17. The SMILES string of the molecule is Cn1cc(-c2nc3c4cc(Cl)ccc4[nH]c(=O)n3n2)cn1. The predicted octanol–water partition coefficient (Wildman–Crippen LogP) is 1.62. The van der Waals surface area contributed by atoms with Gasteiger partial charge in [-0.25, -0.2) is 9.78 Å². The van der Waals surface area contributed by atoms with Crippen LogP contribution in [0.3, 0.4) is 0 Å². The number of nitrogens with zero attached hydrogens (tertiary/aromatic N) is 5. The number of rotatable bonds is 1. The molecule has 0 saturated heterocycles. The van der Waals surface area contributed by atoms with Crippen molar-refractivity contribution >= 4 is 28.2 Å². The zero-order chi connectivity index (χ0) is 14.6. The van der Waals surface area contributed by atoms with Crippen molar-refractivity contribution in [3.63, 3.8) is 0 Å². The zero-order valence-electron chi connectivity index (χ0n) is 10.9. The van der Waals surface area contributed by atoms with Crippen molar-refractivity contribution < 1.29 is 0 Å². The molecule has 0 aliphatic rings. The molecule has 0 unspecified atom stereocenters. The Bertz CT molecular complexity index is 1040. The van der Waals surface area contributed by atoms with Crippen LogP contribution in [-0.2, 0) is 7.05 Å². The van der Waals surface area contributed by atoms with E-state index in [9.17, 15) is 4.79 Å². The van der Waals surface area contributed by atoms with Crippen LogP contribution >= 0.6 is 11.6 Å². The third kappa shape index (κ3) is 1.82. The molecule has 3 aromatic heterocycles. The third-order valence-corrected chi connectivity index (χ3v) is 3.46. The fourth-order valence-corrected chi connectivity index (χ4v) is 2.44. The summed E-state index contributed by atoms with van der Waals surface area (Å²) in [5.41, 5.74) is 1.54. The second-order valence-electron chi connectivity index (χ2n) is 4.69. The summed E-state index contributed by atoms with van der Waals surface area (Å²) in [6.07, 6.45) is 3.44. The summed E-state index contributed by atoms with van der Waals surface area (Å²) in [5, 5.41) is 9.64. The van der Waals surface area contributed by atoms with Gasteiger partial charge in [0.15, 0.2) is 11.5 Å². The lowest BCUT2D eigenvalue weighted by Gasteiger charge is -1.99. The highest BCUT2D eigenvalue weighted by Crippen LogP contribution is 2.22. The Morgan fingerprint density at radius 2 is 2.19 bits per heavy atom. The van der Waals surface area contributed by atoms with Crippen molar-refractivity contribution in [1.29, 1.82) is 0 Å². The minimum absolute atomic E-state index is 0.345. The van der Waals surface area contributed by atoms with Gasteiger partial charge in [-0.15, -0.1) is 5.10 Å². The van der Waals surface area contributed by atoms with Gasteiger partial charge in [-0.3, -0.25) is 4.68 Å². The fraction of sp³-hybridized carbons (Fsp3) is 0.0769. The summed E-state index contributed by atoms with van der Waals surface area (Å²) < 4.78 is 2.89. The highest BCUT2D eigenvalue weighted by atomic mass is 35.5. The van der Waals surface area contributed by atoms with Crippen LogP contribution in [0.4, 0.5) is 0 Å². The predicted molar refractivity (Wildman–Crippen MR) is 78.3 cm³/mol. The molecule has 104 valence electrons. The van der Waals surface area contributed by atoms with Crippen LogP contribution in [0.15, 0.2) is 35.4 Å². The molecule has 4 aromatic rings. The number of nitrogens with one attached hydrogen (secondary N) is 1. The molecule has 0 bridgehead atoms. The summed E-state index contributed by atoms with van der Waals surface area (Å²) in [5.74, 6) is 0.445. The van der Waals surface area contributed by atoms with Gasteiger partial charge in [0.05, 0.1) is 17.3 Å². The van der Waals surface area contributed by atoms with Gasteiger partial charge in [-0.05, 0) is 18.2 Å². The first kappa shape index (κ1) is 12.1. The average Bonchev–Trinajstić information content (AvgIpc) is 3.06. The molecule has 3 heterocycles. The van der Waals surface area contributed by atoms with E-state index >= 15 is 0 Å². The van der Waals surface area contributed by atoms with Crippen molar-refractivity contribution in [3.8, 4) is 11.4 Å². The molecule has 1 aromatic carbocycles. The smallest absolute Gasteiger partial charge is 0.305 e. The molecule has 0 fully saturated rings. The van der Waals surface area contributed by atoms with Crippen molar-refractivity contribution in [2.75, 3.05) is 0 Å².